The number of carbonyl (C=O) groups is 1. The second-order valence-electron chi connectivity index (χ2n) is 3.31. The Kier molecular flexibility index (Phi) is 2.49. The van der Waals surface area contributed by atoms with Crippen molar-refractivity contribution < 1.29 is 4.79 Å². The molecule has 0 radical (unpaired) electrons. The van der Waals surface area contributed by atoms with Crippen LogP contribution in [-0.4, -0.2) is 29.9 Å². The number of carbonyl (C=O) groups excluding carboxylic acids is 1. The minimum absolute atomic E-state index is 0.115. The molecule has 1 aliphatic heterocycles. The standard InChI is InChI=1S/C8H16N2O/c1-3-6(2)10-4-7(5-10)8(9)11/h6-7H,3-5H2,1-2H3,(H2,9,11). The second-order valence-corrected chi connectivity index (χ2v) is 3.31. The van der Waals surface area contributed by atoms with Crippen molar-refractivity contribution >= 4 is 5.91 Å². The first kappa shape index (κ1) is 8.53. The second kappa shape index (κ2) is 3.22. The van der Waals surface area contributed by atoms with Crippen molar-refractivity contribution in [3.63, 3.8) is 0 Å². The number of primary amides is 1. The maximum atomic E-state index is 10.6. The largest absolute Gasteiger partial charge is 0.369 e. The average Bonchev–Trinajstić information content (AvgIpc) is 1.83. The number of rotatable bonds is 3. The molecule has 1 rings (SSSR count). The predicted octanol–water partition coefficient (Wildman–Crippen LogP) is 0.202. The van der Waals surface area contributed by atoms with Crippen LogP contribution in [0.25, 0.3) is 0 Å². The molecule has 0 saturated carbocycles. The first-order chi connectivity index (χ1) is 5.15. The van der Waals surface area contributed by atoms with Crippen LogP contribution in [0.3, 0.4) is 0 Å². The molecule has 2 N–H and O–H groups in total. The van der Waals surface area contributed by atoms with Crippen LogP contribution >= 0.6 is 0 Å². The summed E-state index contributed by atoms with van der Waals surface area (Å²) in [5.74, 6) is -0.0337. The van der Waals surface area contributed by atoms with Crippen LogP contribution in [0.4, 0.5) is 0 Å². The fourth-order valence-electron chi connectivity index (χ4n) is 1.31. The van der Waals surface area contributed by atoms with Crippen molar-refractivity contribution in [1.82, 2.24) is 4.90 Å². The predicted molar refractivity (Wildman–Crippen MR) is 44.0 cm³/mol. The lowest BCUT2D eigenvalue weighted by molar-refractivity contribution is -0.127. The van der Waals surface area contributed by atoms with Gasteiger partial charge in [0.1, 0.15) is 0 Å². The van der Waals surface area contributed by atoms with Gasteiger partial charge in [-0.15, -0.1) is 0 Å². The molecule has 1 unspecified atom stereocenters. The molecule has 0 aromatic carbocycles. The lowest BCUT2D eigenvalue weighted by Crippen LogP contribution is -2.55. The van der Waals surface area contributed by atoms with Crippen LogP contribution in [-0.2, 0) is 4.79 Å². The molecule has 0 aromatic rings. The maximum Gasteiger partial charge on any atom is 0.223 e. The van der Waals surface area contributed by atoms with E-state index < -0.39 is 0 Å². The van der Waals surface area contributed by atoms with Crippen LogP contribution in [0.15, 0.2) is 0 Å². The Hall–Kier alpha value is -0.570. The molecule has 0 aliphatic carbocycles. The topological polar surface area (TPSA) is 46.3 Å². The smallest absolute Gasteiger partial charge is 0.223 e. The summed E-state index contributed by atoms with van der Waals surface area (Å²) in [5.41, 5.74) is 5.14. The van der Waals surface area contributed by atoms with E-state index in [1.807, 2.05) is 0 Å². The fraction of sp³-hybridized carbons (Fsp3) is 0.875. The van der Waals surface area contributed by atoms with Gasteiger partial charge in [-0.1, -0.05) is 6.92 Å². The van der Waals surface area contributed by atoms with Gasteiger partial charge in [-0.3, -0.25) is 9.69 Å². The van der Waals surface area contributed by atoms with Crippen LogP contribution in [0.1, 0.15) is 20.3 Å². The highest BCUT2D eigenvalue weighted by atomic mass is 16.1. The Balaban J connectivity index is 2.23. The zero-order valence-electron chi connectivity index (χ0n) is 7.21. The normalized spacial score (nSPS) is 22.7. The monoisotopic (exact) mass is 156 g/mol. The highest BCUT2D eigenvalue weighted by Crippen LogP contribution is 2.18. The summed E-state index contributed by atoms with van der Waals surface area (Å²) < 4.78 is 0. The first-order valence-electron chi connectivity index (χ1n) is 4.18. The Bertz CT molecular complexity index is 152. The van der Waals surface area contributed by atoms with E-state index in [-0.39, 0.29) is 11.8 Å². The Morgan fingerprint density at radius 2 is 2.27 bits per heavy atom. The van der Waals surface area contributed by atoms with Crippen LogP contribution in [0.5, 0.6) is 0 Å². The molecule has 1 heterocycles. The maximum absolute atomic E-state index is 10.6. The molecule has 1 amide bonds. The van der Waals surface area contributed by atoms with Gasteiger partial charge in [0.2, 0.25) is 5.91 Å². The van der Waals surface area contributed by atoms with Gasteiger partial charge < -0.3 is 5.73 Å². The third-order valence-corrected chi connectivity index (χ3v) is 2.53. The molecule has 1 aliphatic rings. The average molecular weight is 156 g/mol. The van der Waals surface area contributed by atoms with Gasteiger partial charge in [0, 0.05) is 19.1 Å². The van der Waals surface area contributed by atoms with Gasteiger partial charge in [0.25, 0.3) is 0 Å². The molecule has 0 spiro atoms. The molecule has 1 fully saturated rings. The van der Waals surface area contributed by atoms with Gasteiger partial charge in [0.15, 0.2) is 0 Å². The number of hydrogen-bond donors (Lipinski definition) is 1. The van der Waals surface area contributed by atoms with E-state index in [4.69, 9.17) is 5.73 Å². The molecule has 0 aromatic heterocycles. The molecule has 64 valence electrons. The fourth-order valence-corrected chi connectivity index (χ4v) is 1.31. The number of likely N-dealkylation sites (tertiary alicyclic amines) is 1. The third-order valence-electron chi connectivity index (χ3n) is 2.53. The van der Waals surface area contributed by atoms with Crippen LogP contribution < -0.4 is 5.73 Å². The minimum atomic E-state index is -0.149. The van der Waals surface area contributed by atoms with Crippen molar-refractivity contribution in [2.24, 2.45) is 11.7 Å². The zero-order chi connectivity index (χ0) is 8.43. The molecule has 11 heavy (non-hydrogen) atoms. The van der Waals surface area contributed by atoms with E-state index >= 15 is 0 Å². The number of nitrogens with two attached hydrogens (primary N) is 1. The van der Waals surface area contributed by atoms with Crippen LogP contribution in [0.2, 0.25) is 0 Å². The zero-order valence-corrected chi connectivity index (χ0v) is 7.21. The van der Waals surface area contributed by atoms with Crippen molar-refractivity contribution in [2.45, 2.75) is 26.3 Å². The Morgan fingerprint density at radius 3 is 2.64 bits per heavy atom. The lowest BCUT2D eigenvalue weighted by atomic mass is 9.97. The lowest BCUT2D eigenvalue weighted by Gasteiger charge is -2.41. The van der Waals surface area contributed by atoms with Crippen LogP contribution in [0, 0.1) is 5.92 Å². The number of nitrogens with zero attached hydrogens (tertiary/aromatic N) is 1. The Morgan fingerprint density at radius 1 is 1.73 bits per heavy atom. The highest BCUT2D eigenvalue weighted by Gasteiger charge is 2.32. The summed E-state index contributed by atoms with van der Waals surface area (Å²) in [6.07, 6.45) is 1.14. The molecule has 1 atom stereocenters. The number of hydrogen-bond acceptors (Lipinski definition) is 2. The summed E-state index contributed by atoms with van der Waals surface area (Å²) in [7, 11) is 0. The van der Waals surface area contributed by atoms with E-state index in [2.05, 4.69) is 18.7 Å². The van der Waals surface area contributed by atoms with E-state index in [0.29, 0.717) is 6.04 Å². The van der Waals surface area contributed by atoms with E-state index in [1.54, 1.807) is 0 Å². The van der Waals surface area contributed by atoms with E-state index in [1.165, 1.54) is 0 Å². The summed E-state index contributed by atoms with van der Waals surface area (Å²) in [6, 6.07) is 0.602. The summed E-state index contributed by atoms with van der Waals surface area (Å²) in [6.45, 7) is 6.06. The van der Waals surface area contributed by atoms with Gasteiger partial charge >= 0.3 is 0 Å². The van der Waals surface area contributed by atoms with Gasteiger partial charge in [-0.05, 0) is 13.3 Å². The van der Waals surface area contributed by atoms with Gasteiger partial charge in [0.05, 0.1) is 5.92 Å². The highest BCUT2D eigenvalue weighted by molar-refractivity contribution is 5.78. The molecule has 0 bridgehead atoms. The Labute approximate surface area is 67.5 Å². The molecular weight excluding hydrogens is 140 g/mol. The van der Waals surface area contributed by atoms with E-state index in [0.717, 1.165) is 19.5 Å². The van der Waals surface area contributed by atoms with Gasteiger partial charge in [-0.2, -0.15) is 0 Å². The number of amides is 1. The van der Waals surface area contributed by atoms with Crippen molar-refractivity contribution in [3.8, 4) is 0 Å². The minimum Gasteiger partial charge on any atom is -0.369 e. The quantitative estimate of drug-likeness (QED) is 0.634. The first-order valence-corrected chi connectivity index (χ1v) is 4.18. The van der Waals surface area contributed by atoms with Crippen molar-refractivity contribution in [1.29, 1.82) is 0 Å². The summed E-state index contributed by atoms with van der Waals surface area (Å²) in [5, 5.41) is 0. The molecular formula is C8H16N2O. The SMILES string of the molecule is CCC(C)N1CC(C(N)=O)C1. The van der Waals surface area contributed by atoms with Crippen molar-refractivity contribution in [2.75, 3.05) is 13.1 Å². The van der Waals surface area contributed by atoms with E-state index in [9.17, 15) is 4.79 Å². The van der Waals surface area contributed by atoms with Gasteiger partial charge in [-0.25, -0.2) is 0 Å². The molecule has 3 nitrogen and oxygen atoms in total. The molecule has 3 heteroatoms. The third kappa shape index (κ3) is 1.71. The summed E-state index contributed by atoms with van der Waals surface area (Å²) in [4.78, 5) is 12.9. The van der Waals surface area contributed by atoms with Crippen molar-refractivity contribution in [3.05, 3.63) is 0 Å². The summed E-state index contributed by atoms with van der Waals surface area (Å²) >= 11 is 0. The molecule has 1 saturated heterocycles.